The summed E-state index contributed by atoms with van der Waals surface area (Å²) in [6, 6.07) is 12.0. The smallest absolute Gasteiger partial charge is 0.147 e. The van der Waals surface area contributed by atoms with Gasteiger partial charge in [0.15, 0.2) is 0 Å². The van der Waals surface area contributed by atoms with Crippen LogP contribution in [0.25, 0.3) is 0 Å². The van der Waals surface area contributed by atoms with Gasteiger partial charge in [-0.2, -0.15) is 0 Å². The molecule has 2 rings (SSSR count). The van der Waals surface area contributed by atoms with Crippen molar-refractivity contribution in [3.8, 4) is 0 Å². The van der Waals surface area contributed by atoms with Crippen LogP contribution in [0, 0.1) is 11.6 Å². The SMILES string of the molecule is CC(C(=O)C(C)c1cccc(F)c1)c1cccc(F)c1. The van der Waals surface area contributed by atoms with E-state index in [4.69, 9.17) is 0 Å². The maximum atomic E-state index is 13.2. The summed E-state index contributed by atoms with van der Waals surface area (Å²) in [6.07, 6.45) is 0. The van der Waals surface area contributed by atoms with Crippen molar-refractivity contribution in [2.75, 3.05) is 0 Å². The molecule has 0 fully saturated rings. The molecule has 0 heterocycles. The van der Waals surface area contributed by atoms with E-state index in [1.165, 1.54) is 24.3 Å². The Morgan fingerprint density at radius 2 is 1.25 bits per heavy atom. The lowest BCUT2D eigenvalue weighted by Crippen LogP contribution is -2.16. The van der Waals surface area contributed by atoms with Gasteiger partial charge in [-0.15, -0.1) is 0 Å². The highest BCUT2D eigenvalue weighted by molar-refractivity contribution is 5.91. The van der Waals surface area contributed by atoms with Crippen LogP contribution in [0.4, 0.5) is 8.78 Å². The maximum absolute atomic E-state index is 13.2. The van der Waals surface area contributed by atoms with Gasteiger partial charge in [-0.25, -0.2) is 8.78 Å². The average Bonchev–Trinajstić information content (AvgIpc) is 2.45. The van der Waals surface area contributed by atoms with E-state index in [9.17, 15) is 13.6 Å². The molecule has 104 valence electrons. The first-order valence-corrected chi connectivity index (χ1v) is 6.53. The second-order valence-corrected chi connectivity index (χ2v) is 4.96. The Morgan fingerprint density at radius 1 is 0.850 bits per heavy atom. The summed E-state index contributed by atoms with van der Waals surface area (Å²) >= 11 is 0. The quantitative estimate of drug-likeness (QED) is 0.805. The van der Waals surface area contributed by atoms with Crippen LogP contribution in [0.1, 0.15) is 36.8 Å². The van der Waals surface area contributed by atoms with Gasteiger partial charge in [-0.1, -0.05) is 38.1 Å². The van der Waals surface area contributed by atoms with E-state index in [1.807, 2.05) is 0 Å². The summed E-state index contributed by atoms with van der Waals surface area (Å²) in [5, 5.41) is 0. The van der Waals surface area contributed by atoms with Gasteiger partial charge < -0.3 is 0 Å². The molecule has 1 nitrogen and oxygen atoms in total. The molecule has 2 aromatic carbocycles. The minimum Gasteiger partial charge on any atom is -0.298 e. The first kappa shape index (κ1) is 14.4. The Hall–Kier alpha value is -2.03. The molecule has 2 atom stereocenters. The van der Waals surface area contributed by atoms with Crippen molar-refractivity contribution in [1.29, 1.82) is 0 Å². The van der Waals surface area contributed by atoms with E-state index in [1.54, 1.807) is 38.1 Å². The molecule has 0 spiro atoms. The van der Waals surface area contributed by atoms with Crippen molar-refractivity contribution in [2.45, 2.75) is 25.7 Å². The highest BCUT2D eigenvalue weighted by atomic mass is 19.1. The zero-order chi connectivity index (χ0) is 14.7. The van der Waals surface area contributed by atoms with E-state index in [2.05, 4.69) is 0 Å². The number of hydrogen-bond acceptors (Lipinski definition) is 1. The first-order chi connectivity index (χ1) is 9.49. The Labute approximate surface area is 117 Å². The summed E-state index contributed by atoms with van der Waals surface area (Å²) < 4.78 is 26.4. The third-order valence-corrected chi connectivity index (χ3v) is 3.55. The third kappa shape index (κ3) is 3.10. The Morgan fingerprint density at radius 3 is 1.60 bits per heavy atom. The number of ketones is 1. The predicted octanol–water partition coefficient (Wildman–Crippen LogP) is 4.44. The number of halogens is 2. The van der Waals surface area contributed by atoms with Gasteiger partial charge in [-0.3, -0.25) is 4.79 Å². The molecule has 2 unspecified atom stereocenters. The van der Waals surface area contributed by atoms with Crippen LogP contribution in [0.15, 0.2) is 48.5 Å². The van der Waals surface area contributed by atoms with E-state index in [-0.39, 0.29) is 17.4 Å². The van der Waals surface area contributed by atoms with Crippen LogP contribution >= 0.6 is 0 Å². The molecular weight excluding hydrogens is 258 g/mol. The zero-order valence-electron chi connectivity index (χ0n) is 11.4. The van der Waals surface area contributed by atoms with Gasteiger partial charge in [0.05, 0.1) is 0 Å². The van der Waals surface area contributed by atoms with Crippen molar-refractivity contribution in [3.63, 3.8) is 0 Å². The minimum atomic E-state index is -0.427. The molecule has 0 N–H and O–H groups in total. The molecule has 0 bridgehead atoms. The fourth-order valence-electron chi connectivity index (χ4n) is 2.26. The topological polar surface area (TPSA) is 17.1 Å². The van der Waals surface area contributed by atoms with Crippen molar-refractivity contribution >= 4 is 5.78 Å². The Kier molecular flexibility index (Phi) is 4.28. The standard InChI is InChI=1S/C17H16F2O/c1-11(13-5-3-7-15(18)9-13)17(20)12(2)14-6-4-8-16(19)10-14/h3-12H,1-2H3. The molecule has 20 heavy (non-hydrogen) atoms. The lowest BCUT2D eigenvalue weighted by molar-refractivity contribution is -0.121. The molecule has 0 aromatic heterocycles. The number of rotatable bonds is 4. The minimum absolute atomic E-state index is 0.0544. The molecule has 0 aliphatic carbocycles. The molecule has 2 aromatic rings. The summed E-state index contributed by atoms with van der Waals surface area (Å²) in [6.45, 7) is 3.49. The molecule has 0 saturated heterocycles. The monoisotopic (exact) mass is 274 g/mol. The van der Waals surface area contributed by atoms with Gasteiger partial charge in [0, 0.05) is 11.8 Å². The van der Waals surface area contributed by atoms with Crippen molar-refractivity contribution in [1.82, 2.24) is 0 Å². The number of carbonyl (C=O) groups excluding carboxylic acids is 1. The van der Waals surface area contributed by atoms with Crippen molar-refractivity contribution in [3.05, 3.63) is 71.3 Å². The lowest BCUT2D eigenvalue weighted by Gasteiger charge is -2.17. The largest absolute Gasteiger partial charge is 0.298 e. The summed E-state index contributed by atoms with van der Waals surface area (Å²) in [5.74, 6) is -1.63. The highest BCUT2D eigenvalue weighted by Gasteiger charge is 2.23. The Bertz CT molecular complexity index is 568. The fourth-order valence-corrected chi connectivity index (χ4v) is 2.26. The van der Waals surface area contributed by atoms with E-state index < -0.39 is 11.8 Å². The number of hydrogen-bond donors (Lipinski definition) is 0. The average molecular weight is 274 g/mol. The van der Waals surface area contributed by atoms with Crippen molar-refractivity contribution < 1.29 is 13.6 Å². The molecule has 0 saturated carbocycles. The zero-order valence-corrected chi connectivity index (χ0v) is 11.4. The summed E-state index contributed by atoms with van der Waals surface area (Å²) in [4.78, 5) is 12.4. The summed E-state index contributed by atoms with van der Waals surface area (Å²) in [7, 11) is 0. The second-order valence-electron chi connectivity index (χ2n) is 4.96. The predicted molar refractivity (Wildman–Crippen MR) is 74.6 cm³/mol. The van der Waals surface area contributed by atoms with Crippen LogP contribution < -0.4 is 0 Å². The number of Topliss-reactive ketones (excluding diaryl/α,β-unsaturated/α-hetero) is 1. The number of benzene rings is 2. The highest BCUT2D eigenvalue weighted by Crippen LogP contribution is 2.26. The molecule has 0 aliphatic rings. The van der Waals surface area contributed by atoms with Crippen LogP contribution in [0.2, 0.25) is 0 Å². The first-order valence-electron chi connectivity index (χ1n) is 6.53. The molecular formula is C17H16F2O. The van der Waals surface area contributed by atoms with Gasteiger partial charge in [0.2, 0.25) is 0 Å². The molecule has 0 amide bonds. The Balaban J connectivity index is 2.22. The fraction of sp³-hybridized carbons (Fsp3) is 0.235. The molecule has 0 radical (unpaired) electrons. The van der Waals surface area contributed by atoms with E-state index in [0.717, 1.165) is 0 Å². The normalized spacial score (nSPS) is 13.8. The van der Waals surface area contributed by atoms with Crippen LogP contribution in [-0.2, 0) is 4.79 Å². The van der Waals surface area contributed by atoms with Crippen LogP contribution in [0.5, 0.6) is 0 Å². The molecule has 0 aliphatic heterocycles. The van der Waals surface area contributed by atoms with Crippen LogP contribution in [-0.4, -0.2) is 5.78 Å². The van der Waals surface area contributed by atoms with Gasteiger partial charge in [0.1, 0.15) is 17.4 Å². The number of carbonyl (C=O) groups is 1. The second kappa shape index (κ2) is 5.95. The molecule has 3 heteroatoms. The van der Waals surface area contributed by atoms with Crippen molar-refractivity contribution in [2.24, 2.45) is 0 Å². The van der Waals surface area contributed by atoms with E-state index in [0.29, 0.717) is 11.1 Å². The van der Waals surface area contributed by atoms with E-state index >= 15 is 0 Å². The maximum Gasteiger partial charge on any atom is 0.147 e. The summed E-state index contributed by atoms with van der Waals surface area (Å²) in [5.41, 5.74) is 1.27. The lowest BCUT2D eigenvalue weighted by atomic mass is 9.86. The van der Waals surface area contributed by atoms with Gasteiger partial charge in [0.25, 0.3) is 0 Å². The third-order valence-electron chi connectivity index (χ3n) is 3.55. The van der Waals surface area contributed by atoms with Gasteiger partial charge >= 0.3 is 0 Å². The van der Waals surface area contributed by atoms with Gasteiger partial charge in [-0.05, 0) is 35.4 Å². The van der Waals surface area contributed by atoms with Crippen LogP contribution in [0.3, 0.4) is 0 Å².